The zero-order chi connectivity index (χ0) is 17.8. The minimum atomic E-state index is 0.0677. The number of morpholine rings is 1. The average molecular weight is 362 g/mol. The molecule has 0 radical (unpaired) electrons. The lowest BCUT2D eigenvalue weighted by Gasteiger charge is -2.35. The molecule has 7 nitrogen and oxygen atoms in total. The van der Waals surface area contributed by atoms with E-state index in [2.05, 4.69) is 10.2 Å². The van der Waals surface area contributed by atoms with Gasteiger partial charge in [0.15, 0.2) is 5.16 Å². The molecule has 0 N–H and O–H groups in total. The van der Waals surface area contributed by atoms with Crippen LogP contribution < -0.4 is 4.74 Å². The van der Waals surface area contributed by atoms with Crippen LogP contribution in [-0.4, -0.2) is 63.7 Å². The van der Waals surface area contributed by atoms with Crippen LogP contribution >= 0.6 is 11.8 Å². The van der Waals surface area contributed by atoms with Crippen molar-refractivity contribution in [1.82, 2.24) is 19.7 Å². The Morgan fingerprint density at radius 2 is 2.12 bits per heavy atom. The molecule has 0 saturated carbocycles. The second-order valence-electron chi connectivity index (χ2n) is 6.03. The van der Waals surface area contributed by atoms with Crippen molar-refractivity contribution in [2.45, 2.75) is 31.2 Å². The van der Waals surface area contributed by atoms with Gasteiger partial charge in [0, 0.05) is 19.2 Å². The van der Waals surface area contributed by atoms with E-state index in [1.54, 1.807) is 13.4 Å². The Bertz CT molecular complexity index is 726. The number of carbonyl (C=O) groups is 1. The van der Waals surface area contributed by atoms with E-state index in [-0.39, 0.29) is 18.1 Å². The number of hydrogen-bond donors (Lipinski definition) is 0. The number of carbonyl (C=O) groups excluding carboxylic acids is 1. The van der Waals surface area contributed by atoms with Gasteiger partial charge in [0.25, 0.3) is 0 Å². The van der Waals surface area contributed by atoms with Crippen LogP contribution in [0.4, 0.5) is 0 Å². The molecule has 1 amide bonds. The van der Waals surface area contributed by atoms with Gasteiger partial charge in [-0.1, -0.05) is 17.8 Å². The lowest BCUT2D eigenvalue weighted by molar-refractivity contribution is -0.140. The van der Waals surface area contributed by atoms with Crippen LogP contribution in [-0.2, 0) is 9.53 Å². The monoisotopic (exact) mass is 362 g/mol. The summed E-state index contributed by atoms with van der Waals surface area (Å²) in [5.74, 6) is 1.17. The van der Waals surface area contributed by atoms with Crippen molar-refractivity contribution in [2.75, 3.05) is 26.0 Å². The fourth-order valence-electron chi connectivity index (χ4n) is 2.86. The van der Waals surface area contributed by atoms with E-state index in [0.29, 0.717) is 24.0 Å². The highest BCUT2D eigenvalue weighted by Crippen LogP contribution is 2.23. The number of hydrogen-bond acceptors (Lipinski definition) is 6. The first-order valence-corrected chi connectivity index (χ1v) is 9.16. The van der Waals surface area contributed by atoms with Gasteiger partial charge in [0.1, 0.15) is 12.1 Å². The molecule has 0 spiro atoms. The molecule has 1 aliphatic heterocycles. The summed E-state index contributed by atoms with van der Waals surface area (Å²) in [6.45, 7) is 5.24. The highest BCUT2D eigenvalue weighted by Gasteiger charge is 2.26. The quantitative estimate of drug-likeness (QED) is 0.758. The van der Waals surface area contributed by atoms with Gasteiger partial charge < -0.3 is 14.4 Å². The summed E-state index contributed by atoms with van der Waals surface area (Å²) in [5, 5.41) is 8.79. The maximum Gasteiger partial charge on any atom is 0.233 e. The van der Waals surface area contributed by atoms with E-state index < -0.39 is 0 Å². The molecule has 0 bridgehead atoms. The molecule has 0 unspecified atom stereocenters. The molecule has 2 atom stereocenters. The van der Waals surface area contributed by atoms with Crippen LogP contribution in [0.15, 0.2) is 35.7 Å². The maximum absolute atomic E-state index is 12.5. The SMILES string of the molecule is COc1cccc(-n2cnnc2SCC(=O)N2C[C@H](C)O[C@@H](C)C2)c1. The van der Waals surface area contributed by atoms with E-state index in [0.717, 1.165) is 11.4 Å². The van der Waals surface area contributed by atoms with Crippen molar-refractivity contribution < 1.29 is 14.3 Å². The summed E-state index contributed by atoms with van der Waals surface area (Å²) in [6, 6.07) is 7.64. The Kier molecular flexibility index (Phi) is 5.60. The zero-order valence-corrected chi connectivity index (χ0v) is 15.4. The summed E-state index contributed by atoms with van der Waals surface area (Å²) in [4.78, 5) is 14.4. The van der Waals surface area contributed by atoms with E-state index >= 15 is 0 Å². The van der Waals surface area contributed by atoms with Crippen LogP contribution in [0.1, 0.15) is 13.8 Å². The summed E-state index contributed by atoms with van der Waals surface area (Å²) < 4.78 is 12.8. The molecule has 3 rings (SSSR count). The molecule has 25 heavy (non-hydrogen) atoms. The number of amides is 1. The van der Waals surface area contributed by atoms with Gasteiger partial charge in [-0.2, -0.15) is 0 Å². The molecule has 0 aliphatic carbocycles. The number of methoxy groups -OCH3 is 1. The lowest BCUT2D eigenvalue weighted by atomic mass is 10.2. The van der Waals surface area contributed by atoms with Crippen molar-refractivity contribution in [3.05, 3.63) is 30.6 Å². The minimum absolute atomic E-state index is 0.0677. The van der Waals surface area contributed by atoms with E-state index in [9.17, 15) is 4.79 Å². The molecule has 1 fully saturated rings. The Morgan fingerprint density at radius 1 is 1.36 bits per heavy atom. The Morgan fingerprint density at radius 3 is 2.84 bits per heavy atom. The van der Waals surface area contributed by atoms with Gasteiger partial charge in [0.2, 0.25) is 5.91 Å². The maximum atomic E-state index is 12.5. The standard InChI is InChI=1S/C17H22N4O3S/c1-12-8-20(9-13(2)24-12)16(22)10-25-17-19-18-11-21(17)14-5-4-6-15(7-14)23-3/h4-7,11-13H,8-10H2,1-3H3/t12-,13-/m0/s1. The molecular weight excluding hydrogens is 340 g/mol. The van der Waals surface area contributed by atoms with E-state index in [1.165, 1.54) is 11.8 Å². The van der Waals surface area contributed by atoms with Crippen molar-refractivity contribution in [3.63, 3.8) is 0 Å². The van der Waals surface area contributed by atoms with Crippen molar-refractivity contribution in [2.24, 2.45) is 0 Å². The highest BCUT2D eigenvalue weighted by atomic mass is 32.2. The third-order valence-electron chi connectivity index (χ3n) is 3.95. The zero-order valence-electron chi connectivity index (χ0n) is 14.6. The number of ether oxygens (including phenoxy) is 2. The Hall–Kier alpha value is -2.06. The van der Waals surface area contributed by atoms with Crippen LogP contribution in [0.25, 0.3) is 5.69 Å². The number of nitrogens with zero attached hydrogens (tertiary/aromatic N) is 4. The number of benzene rings is 1. The summed E-state index contributed by atoms with van der Waals surface area (Å²) in [7, 11) is 1.63. The summed E-state index contributed by atoms with van der Waals surface area (Å²) in [6.07, 6.45) is 1.77. The van der Waals surface area contributed by atoms with Crippen LogP contribution in [0.3, 0.4) is 0 Å². The third kappa shape index (κ3) is 4.32. The van der Waals surface area contributed by atoms with Gasteiger partial charge in [-0.15, -0.1) is 10.2 Å². The predicted molar refractivity (Wildman–Crippen MR) is 95.2 cm³/mol. The van der Waals surface area contributed by atoms with E-state index in [1.807, 2.05) is 47.6 Å². The normalized spacial score (nSPS) is 20.5. The first-order chi connectivity index (χ1) is 12.1. The first kappa shape index (κ1) is 17.8. The second kappa shape index (κ2) is 7.88. The second-order valence-corrected chi connectivity index (χ2v) is 6.97. The van der Waals surface area contributed by atoms with Gasteiger partial charge in [-0.05, 0) is 26.0 Å². The molecule has 134 valence electrons. The van der Waals surface area contributed by atoms with Crippen molar-refractivity contribution >= 4 is 17.7 Å². The fraction of sp³-hybridized carbons (Fsp3) is 0.471. The third-order valence-corrected chi connectivity index (χ3v) is 4.87. The topological polar surface area (TPSA) is 69.5 Å². The summed E-state index contributed by atoms with van der Waals surface area (Å²) >= 11 is 1.38. The lowest BCUT2D eigenvalue weighted by Crippen LogP contribution is -2.48. The first-order valence-electron chi connectivity index (χ1n) is 8.17. The molecule has 1 aromatic heterocycles. The van der Waals surface area contributed by atoms with Gasteiger partial charge in [0.05, 0.1) is 30.8 Å². The molecule has 2 aromatic rings. The number of aromatic nitrogens is 3. The molecule has 2 heterocycles. The van der Waals surface area contributed by atoms with Gasteiger partial charge in [-0.3, -0.25) is 9.36 Å². The molecule has 1 saturated heterocycles. The van der Waals surface area contributed by atoms with Crippen LogP contribution in [0.2, 0.25) is 0 Å². The van der Waals surface area contributed by atoms with E-state index in [4.69, 9.17) is 9.47 Å². The molecular formula is C17H22N4O3S. The molecule has 1 aliphatic rings. The van der Waals surface area contributed by atoms with Crippen LogP contribution in [0, 0.1) is 0 Å². The molecule has 8 heteroatoms. The smallest absolute Gasteiger partial charge is 0.233 e. The minimum Gasteiger partial charge on any atom is -0.497 e. The van der Waals surface area contributed by atoms with Crippen molar-refractivity contribution in [3.8, 4) is 11.4 Å². The number of rotatable bonds is 5. The summed E-state index contributed by atoms with van der Waals surface area (Å²) in [5.41, 5.74) is 0.896. The largest absolute Gasteiger partial charge is 0.497 e. The van der Waals surface area contributed by atoms with Crippen LogP contribution in [0.5, 0.6) is 5.75 Å². The average Bonchev–Trinajstić information content (AvgIpc) is 3.07. The number of thioether (sulfide) groups is 1. The Labute approximate surface area is 151 Å². The molecule has 1 aromatic carbocycles. The predicted octanol–water partition coefficient (Wildman–Crippen LogP) is 2.00. The Balaban J connectivity index is 1.66. The fourth-order valence-corrected chi connectivity index (χ4v) is 3.69. The van der Waals surface area contributed by atoms with Gasteiger partial charge in [-0.25, -0.2) is 0 Å². The van der Waals surface area contributed by atoms with Crippen molar-refractivity contribution in [1.29, 1.82) is 0 Å². The highest BCUT2D eigenvalue weighted by molar-refractivity contribution is 7.99. The van der Waals surface area contributed by atoms with Gasteiger partial charge >= 0.3 is 0 Å².